The largest absolute Gasteiger partial charge is 0.416 e. The van der Waals surface area contributed by atoms with Crippen LogP contribution in [0.3, 0.4) is 0 Å². The Labute approximate surface area is 126 Å². The molecule has 1 amide bonds. The third kappa shape index (κ3) is 3.51. The maximum atomic E-state index is 12.8. The number of piperidine rings is 1. The summed E-state index contributed by atoms with van der Waals surface area (Å²) in [7, 11) is 0. The predicted octanol–water partition coefficient (Wildman–Crippen LogP) is 3.82. The molecule has 1 saturated heterocycles. The number of carbonyl (C=O) groups is 1. The summed E-state index contributed by atoms with van der Waals surface area (Å²) in [5.74, 6) is -0.178. The van der Waals surface area contributed by atoms with Crippen molar-refractivity contribution in [3.8, 4) is 0 Å². The molecule has 1 heterocycles. The third-order valence-electron chi connectivity index (χ3n) is 4.22. The summed E-state index contributed by atoms with van der Waals surface area (Å²) in [6.45, 7) is 3.00. The van der Waals surface area contributed by atoms with Gasteiger partial charge in [-0.15, -0.1) is 11.6 Å². The molecule has 116 valence electrons. The molecule has 0 atom stereocenters. The van der Waals surface area contributed by atoms with E-state index in [0.717, 1.165) is 6.07 Å². The van der Waals surface area contributed by atoms with Gasteiger partial charge in [0.25, 0.3) is 0 Å². The molecule has 1 aromatic rings. The lowest BCUT2D eigenvalue weighted by molar-refractivity contribution is -0.137. The number of amides is 1. The maximum Gasteiger partial charge on any atom is 0.416 e. The van der Waals surface area contributed by atoms with E-state index in [-0.39, 0.29) is 17.2 Å². The van der Waals surface area contributed by atoms with Gasteiger partial charge in [-0.1, -0.05) is 25.1 Å². The van der Waals surface area contributed by atoms with E-state index in [1.165, 1.54) is 12.1 Å². The second-order valence-corrected chi connectivity index (χ2v) is 5.92. The van der Waals surface area contributed by atoms with Crippen LogP contribution in [0.25, 0.3) is 0 Å². The molecule has 0 N–H and O–H groups in total. The summed E-state index contributed by atoms with van der Waals surface area (Å²) in [5, 5.41) is 0. The summed E-state index contributed by atoms with van der Waals surface area (Å²) in [4.78, 5) is 13.2. The van der Waals surface area contributed by atoms with E-state index in [2.05, 4.69) is 0 Å². The zero-order valence-corrected chi connectivity index (χ0v) is 12.5. The highest BCUT2D eigenvalue weighted by atomic mass is 35.5. The first kappa shape index (κ1) is 16.1. The maximum absolute atomic E-state index is 12.8. The Hall–Kier alpha value is -1.23. The Kier molecular flexibility index (Phi) is 4.51. The first-order valence-electron chi connectivity index (χ1n) is 6.78. The smallest absolute Gasteiger partial charge is 0.342 e. The lowest BCUT2D eigenvalue weighted by atomic mass is 9.74. The number of carbonyl (C=O) groups excluding carboxylic acids is 1. The lowest BCUT2D eigenvalue weighted by Crippen LogP contribution is -2.44. The highest BCUT2D eigenvalue weighted by Crippen LogP contribution is 2.38. The van der Waals surface area contributed by atoms with Gasteiger partial charge >= 0.3 is 6.18 Å². The van der Waals surface area contributed by atoms with Gasteiger partial charge in [0.2, 0.25) is 5.91 Å². The van der Waals surface area contributed by atoms with E-state index >= 15 is 0 Å². The summed E-state index contributed by atoms with van der Waals surface area (Å²) < 4.78 is 38.4. The van der Waals surface area contributed by atoms with Crippen molar-refractivity contribution in [2.24, 2.45) is 0 Å². The molecule has 0 aromatic heterocycles. The van der Waals surface area contributed by atoms with E-state index < -0.39 is 11.7 Å². The Morgan fingerprint density at radius 3 is 2.48 bits per heavy atom. The molecule has 0 radical (unpaired) electrons. The van der Waals surface area contributed by atoms with E-state index in [4.69, 9.17) is 11.6 Å². The molecule has 6 heteroatoms. The molecule has 1 fully saturated rings. The fourth-order valence-corrected chi connectivity index (χ4v) is 2.86. The molecule has 0 spiro atoms. The van der Waals surface area contributed by atoms with Gasteiger partial charge in [0.1, 0.15) is 5.88 Å². The third-order valence-corrected chi connectivity index (χ3v) is 4.45. The molecular weight excluding hydrogens is 303 g/mol. The molecule has 1 aliphatic heterocycles. The Bertz CT molecular complexity index is 522. The SMILES string of the molecule is CC1(c2cccc(C(F)(F)F)c2)CCN(C(=O)CCl)CC1. The second kappa shape index (κ2) is 5.87. The Balaban J connectivity index is 2.17. The van der Waals surface area contributed by atoms with Crippen molar-refractivity contribution >= 4 is 17.5 Å². The minimum atomic E-state index is -4.33. The van der Waals surface area contributed by atoms with Crippen LogP contribution in [0.5, 0.6) is 0 Å². The summed E-state index contributed by atoms with van der Waals surface area (Å²) >= 11 is 5.53. The number of likely N-dealkylation sites (tertiary alicyclic amines) is 1. The van der Waals surface area contributed by atoms with Gasteiger partial charge in [-0.05, 0) is 29.9 Å². The van der Waals surface area contributed by atoms with Crippen LogP contribution < -0.4 is 0 Å². The first-order valence-corrected chi connectivity index (χ1v) is 7.31. The minimum Gasteiger partial charge on any atom is -0.342 e. The van der Waals surface area contributed by atoms with Gasteiger partial charge < -0.3 is 4.90 Å². The molecule has 0 saturated carbocycles. The van der Waals surface area contributed by atoms with Crippen LogP contribution >= 0.6 is 11.6 Å². The molecule has 1 aliphatic rings. The summed E-state index contributed by atoms with van der Waals surface area (Å²) in [5.41, 5.74) is -0.291. The quantitative estimate of drug-likeness (QED) is 0.759. The number of nitrogens with zero attached hydrogens (tertiary/aromatic N) is 1. The standard InChI is InChI=1S/C15H17ClF3NO/c1-14(5-7-20(8-6-14)13(21)10-16)11-3-2-4-12(9-11)15(17,18)19/h2-4,9H,5-8,10H2,1H3. The summed E-state index contributed by atoms with van der Waals surface area (Å²) in [6.07, 6.45) is -3.06. The number of halogens is 4. The molecule has 1 aromatic carbocycles. The van der Waals surface area contributed by atoms with Gasteiger partial charge in [-0.2, -0.15) is 13.2 Å². The zero-order valence-electron chi connectivity index (χ0n) is 11.7. The average Bonchev–Trinajstić information content (AvgIpc) is 2.46. The van der Waals surface area contributed by atoms with Gasteiger partial charge in [-0.25, -0.2) is 0 Å². The van der Waals surface area contributed by atoms with Crippen LogP contribution in [0.15, 0.2) is 24.3 Å². The van der Waals surface area contributed by atoms with Gasteiger partial charge in [-0.3, -0.25) is 4.79 Å². The van der Waals surface area contributed by atoms with Crippen molar-refractivity contribution in [3.05, 3.63) is 35.4 Å². The normalized spacial score (nSPS) is 18.6. The van der Waals surface area contributed by atoms with Gasteiger partial charge in [0.15, 0.2) is 0 Å². The Morgan fingerprint density at radius 1 is 1.33 bits per heavy atom. The number of alkyl halides is 4. The van der Waals surface area contributed by atoms with Crippen molar-refractivity contribution in [3.63, 3.8) is 0 Å². The van der Waals surface area contributed by atoms with Crippen molar-refractivity contribution in [2.45, 2.75) is 31.4 Å². The minimum absolute atomic E-state index is 0.0553. The van der Waals surface area contributed by atoms with Crippen LogP contribution in [0.2, 0.25) is 0 Å². The van der Waals surface area contributed by atoms with E-state index in [1.54, 1.807) is 11.0 Å². The van der Waals surface area contributed by atoms with E-state index in [1.807, 2.05) is 6.92 Å². The van der Waals surface area contributed by atoms with E-state index in [0.29, 0.717) is 31.5 Å². The van der Waals surface area contributed by atoms with Gasteiger partial charge in [0, 0.05) is 13.1 Å². The van der Waals surface area contributed by atoms with Gasteiger partial charge in [0.05, 0.1) is 5.56 Å². The van der Waals surface area contributed by atoms with Crippen LogP contribution in [0.4, 0.5) is 13.2 Å². The lowest BCUT2D eigenvalue weighted by Gasteiger charge is -2.40. The van der Waals surface area contributed by atoms with Crippen molar-refractivity contribution in [1.82, 2.24) is 4.90 Å². The van der Waals surface area contributed by atoms with Crippen LogP contribution in [0.1, 0.15) is 30.9 Å². The molecule has 0 aliphatic carbocycles. The number of hydrogen-bond acceptors (Lipinski definition) is 1. The number of hydrogen-bond donors (Lipinski definition) is 0. The second-order valence-electron chi connectivity index (χ2n) is 5.65. The Morgan fingerprint density at radius 2 is 1.95 bits per heavy atom. The van der Waals surface area contributed by atoms with Crippen LogP contribution in [-0.4, -0.2) is 29.8 Å². The fraction of sp³-hybridized carbons (Fsp3) is 0.533. The molecule has 21 heavy (non-hydrogen) atoms. The monoisotopic (exact) mass is 319 g/mol. The molecule has 0 bridgehead atoms. The number of rotatable bonds is 2. The fourth-order valence-electron chi connectivity index (χ4n) is 2.69. The molecule has 0 unspecified atom stereocenters. The highest BCUT2D eigenvalue weighted by Gasteiger charge is 2.36. The molecule has 2 nitrogen and oxygen atoms in total. The summed E-state index contributed by atoms with van der Waals surface area (Å²) in [6, 6.07) is 5.48. The van der Waals surface area contributed by atoms with Crippen molar-refractivity contribution in [1.29, 1.82) is 0 Å². The van der Waals surface area contributed by atoms with Crippen molar-refractivity contribution < 1.29 is 18.0 Å². The van der Waals surface area contributed by atoms with Crippen LogP contribution in [0, 0.1) is 0 Å². The predicted molar refractivity (Wildman–Crippen MR) is 75.3 cm³/mol. The van der Waals surface area contributed by atoms with E-state index in [9.17, 15) is 18.0 Å². The molecular formula is C15H17ClF3NO. The molecule has 2 rings (SSSR count). The average molecular weight is 320 g/mol. The highest BCUT2D eigenvalue weighted by molar-refractivity contribution is 6.27. The topological polar surface area (TPSA) is 20.3 Å². The van der Waals surface area contributed by atoms with Crippen LogP contribution in [-0.2, 0) is 16.4 Å². The number of benzene rings is 1. The zero-order chi connectivity index (χ0) is 15.7. The van der Waals surface area contributed by atoms with Crippen molar-refractivity contribution in [2.75, 3.05) is 19.0 Å². The first-order chi connectivity index (χ1) is 9.76.